The summed E-state index contributed by atoms with van der Waals surface area (Å²) in [4.78, 5) is 21.8. The molecule has 0 spiro atoms. The van der Waals surface area contributed by atoms with Gasteiger partial charge in [-0.2, -0.15) is 5.10 Å². The highest BCUT2D eigenvalue weighted by Crippen LogP contribution is 2.25. The summed E-state index contributed by atoms with van der Waals surface area (Å²) in [5.74, 6) is -0.209. The monoisotopic (exact) mass is 389 g/mol. The average molecular weight is 390 g/mol. The summed E-state index contributed by atoms with van der Waals surface area (Å²) in [5.41, 5.74) is 1.65. The van der Waals surface area contributed by atoms with Gasteiger partial charge in [0, 0.05) is 18.5 Å². The van der Waals surface area contributed by atoms with E-state index in [1.165, 1.54) is 12.3 Å². The average Bonchev–Trinajstić information content (AvgIpc) is 3.25. The predicted octanol–water partition coefficient (Wildman–Crippen LogP) is 4.41. The van der Waals surface area contributed by atoms with Crippen molar-refractivity contribution in [1.29, 1.82) is 0 Å². The minimum Gasteiger partial charge on any atom is -0.304 e. The molecule has 0 atom stereocenters. The van der Waals surface area contributed by atoms with Crippen LogP contribution in [0.2, 0.25) is 10.0 Å². The number of hydrogen-bond donors (Lipinski definition) is 1. The van der Waals surface area contributed by atoms with Gasteiger partial charge in [-0.3, -0.25) is 4.79 Å². The molecule has 0 bridgehead atoms. The van der Waals surface area contributed by atoms with Crippen LogP contribution in [0.15, 0.2) is 48.1 Å². The van der Waals surface area contributed by atoms with Gasteiger partial charge >= 0.3 is 0 Å². The van der Waals surface area contributed by atoms with Gasteiger partial charge in [0.2, 0.25) is 0 Å². The van der Waals surface area contributed by atoms with Crippen molar-refractivity contribution in [3.63, 3.8) is 0 Å². The largest absolute Gasteiger partial charge is 0.304 e. The molecule has 1 N–H and O–H groups in total. The third-order valence-corrected chi connectivity index (χ3v) is 4.79. The molecule has 6 nitrogen and oxygen atoms in total. The van der Waals surface area contributed by atoms with Gasteiger partial charge in [0.05, 0.1) is 20.6 Å². The number of halogens is 2. The fraction of sp³-hybridized carbons (Fsp3) is 0. The van der Waals surface area contributed by atoms with Gasteiger partial charge < -0.3 is 5.32 Å². The zero-order valence-corrected chi connectivity index (χ0v) is 14.8. The van der Waals surface area contributed by atoms with Crippen LogP contribution in [0, 0.1) is 0 Å². The molecule has 4 heterocycles. The standard InChI is InChI=1S/C16H9Cl2N5OS/c17-9-6-10(18)15(20-8-9)21-16(24)11-7-14-19-4-3-12(23(14)22-11)13-2-1-5-25-13/h1-8H,(H,20,21,24). The first-order valence-electron chi connectivity index (χ1n) is 7.13. The van der Waals surface area contributed by atoms with Crippen LogP contribution < -0.4 is 5.32 Å². The summed E-state index contributed by atoms with van der Waals surface area (Å²) < 4.78 is 1.64. The Bertz CT molecular complexity index is 1080. The molecule has 0 aliphatic carbocycles. The van der Waals surface area contributed by atoms with E-state index in [2.05, 4.69) is 20.4 Å². The highest BCUT2D eigenvalue weighted by molar-refractivity contribution is 7.13. The van der Waals surface area contributed by atoms with E-state index in [4.69, 9.17) is 23.2 Å². The second-order valence-electron chi connectivity index (χ2n) is 5.05. The quantitative estimate of drug-likeness (QED) is 0.563. The highest BCUT2D eigenvalue weighted by atomic mass is 35.5. The number of pyridine rings is 1. The molecule has 4 aromatic rings. The van der Waals surface area contributed by atoms with Crippen LogP contribution in [0.25, 0.3) is 16.2 Å². The SMILES string of the molecule is O=C(Nc1ncc(Cl)cc1Cl)c1cc2nccc(-c3cccs3)n2n1. The van der Waals surface area contributed by atoms with Crippen molar-refractivity contribution in [2.45, 2.75) is 0 Å². The molecule has 4 aromatic heterocycles. The minimum atomic E-state index is -0.431. The van der Waals surface area contributed by atoms with E-state index < -0.39 is 5.91 Å². The Morgan fingerprint density at radius 3 is 2.84 bits per heavy atom. The van der Waals surface area contributed by atoms with Gasteiger partial charge in [0.25, 0.3) is 5.91 Å². The summed E-state index contributed by atoms with van der Waals surface area (Å²) >= 11 is 13.4. The summed E-state index contributed by atoms with van der Waals surface area (Å²) in [6, 6.07) is 8.91. The fourth-order valence-electron chi connectivity index (χ4n) is 2.30. The van der Waals surface area contributed by atoms with Crippen LogP contribution in [-0.2, 0) is 0 Å². The van der Waals surface area contributed by atoms with Crippen LogP contribution in [0.3, 0.4) is 0 Å². The molecule has 0 radical (unpaired) electrons. The summed E-state index contributed by atoms with van der Waals surface area (Å²) in [6.45, 7) is 0. The number of carbonyl (C=O) groups excluding carboxylic acids is 1. The molecular weight excluding hydrogens is 381 g/mol. The number of thiophene rings is 1. The van der Waals surface area contributed by atoms with Gasteiger partial charge in [-0.1, -0.05) is 29.3 Å². The van der Waals surface area contributed by atoms with Gasteiger partial charge in [0.15, 0.2) is 17.2 Å². The van der Waals surface area contributed by atoms with E-state index in [0.29, 0.717) is 10.7 Å². The second-order valence-corrected chi connectivity index (χ2v) is 6.84. The Labute approximate surface area is 156 Å². The molecule has 0 saturated carbocycles. The number of carbonyl (C=O) groups is 1. The highest BCUT2D eigenvalue weighted by Gasteiger charge is 2.16. The number of hydrogen-bond acceptors (Lipinski definition) is 5. The molecule has 0 fully saturated rings. The molecular formula is C16H9Cl2N5OS. The molecule has 124 valence electrons. The van der Waals surface area contributed by atoms with Crippen LogP contribution >= 0.6 is 34.5 Å². The number of aromatic nitrogens is 4. The Hall–Kier alpha value is -2.48. The maximum Gasteiger partial charge on any atom is 0.277 e. The number of fused-ring (bicyclic) bond motifs is 1. The first-order chi connectivity index (χ1) is 12.1. The molecule has 0 unspecified atom stereocenters. The molecule has 4 rings (SSSR count). The third-order valence-electron chi connectivity index (χ3n) is 3.40. The zero-order chi connectivity index (χ0) is 17.4. The Morgan fingerprint density at radius 2 is 2.08 bits per heavy atom. The van der Waals surface area contributed by atoms with E-state index >= 15 is 0 Å². The smallest absolute Gasteiger partial charge is 0.277 e. The summed E-state index contributed by atoms with van der Waals surface area (Å²) in [5, 5.41) is 9.61. The third kappa shape index (κ3) is 3.09. The molecule has 0 aliphatic heterocycles. The summed E-state index contributed by atoms with van der Waals surface area (Å²) in [7, 11) is 0. The maximum atomic E-state index is 12.5. The Morgan fingerprint density at radius 1 is 1.20 bits per heavy atom. The number of nitrogens with zero attached hydrogens (tertiary/aromatic N) is 4. The van der Waals surface area contributed by atoms with Gasteiger partial charge in [0.1, 0.15) is 0 Å². The lowest BCUT2D eigenvalue weighted by atomic mass is 10.3. The van der Waals surface area contributed by atoms with Crippen LogP contribution in [-0.4, -0.2) is 25.5 Å². The maximum absolute atomic E-state index is 12.5. The van der Waals surface area contributed by atoms with E-state index in [1.807, 2.05) is 23.6 Å². The van der Waals surface area contributed by atoms with Crippen molar-refractivity contribution >= 4 is 51.9 Å². The van der Waals surface area contributed by atoms with Crippen molar-refractivity contribution < 1.29 is 4.79 Å². The fourth-order valence-corrected chi connectivity index (χ4v) is 3.46. The van der Waals surface area contributed by atoms with Crippen LogP contribution in [0.5, 0.6) is 0 Å². The van der Waals surface area contributed by atoms with Crippen molar-refractivity contribution in [2.24, 2.45) is 0 Å². The zero-order valence-electron chi connectivity index (χ0n) is 12.5. The van der Waals surface area contributed by atoms with Gasteiger partial charge in [-0.05, 0) is 23.6 Å². The Balaban J connectivity index is 1.70. The van der Waals surface area contributed by atoms with Crippen LogP contribution in [0.4, 0.5) is 5.82 Å². The molecule has 0 saturated heterocycles. The molecule has 1 amide bonds. The molecule has 0 aromatic carbocycles. The predicted molar refractivity (Wildman–Crippen MR) is 98.5 cm³/mol. The number of nitrogens with one attached hydrogen (secondary N) is 1. The molecule has 0 aliphatic rings. The number of amides is 1. The first-order valence-corrected chi connectivity index (χ1v) is 8.76. The van der Waals surface area contributed by atoms with Crippen LogP contribution in [0.1, 0.15) is 10.5 Å². The molecule has 9 heteroatoms. The van der Waals surface area contributed by atoms with Gasteiger partial charge in [-0.25, -0.2) is 14.5 Å². The molecule has 25 heavy (non-hydrogen) atoms. The summed E-state index contributed by atoms with van der Waals surface area (Å²) in [6.07, 6.45) is 3.09. The van der Waals surface area contributed by atoms with Gasteiger partial charge in [-0.15, -0.1) is 11.3 Å². The normalized spacial score (nSPS) is 11.0. The van der Waals surface area contributed by atoms with E-state index in [-0.39, 0.29) is 16.5 Å². The second kappa shape index (κ2) is 6.44. The first kappa shape index (κ1) is 16.0. The Kier molecular flexibility index (Phi) is 4.12. The van der Waals surface area contributed by atoms with Crippen molar-refractivity contribution in [3.05, 3.63) is 63.8 Å². The van der Waals surface area contributed by atoms with Crippen molar-refractivity contribution in [1.82, 2.24) is 19.6 Å². The lowest BCUT2D eigenvalue weighted by molar-refractivity contribution is 0.102. The van der Waals surface area contributed by atoms with Crippen molar-refractivity contribution in [3.8, 4) is 10.6 Å². The van der Waals surface area contributed by atoms with E-state index in [1.54, 1.807) is 28.1 Å². The van der Waals surface area contributed by atoms with E-state index in [0.717, 1.165) is 10.6 Å². The lowest BCUT2D eigenvalue weighted by Gasteiger charge is -2.04. The minimum absolute atomic E-state index is 0.212. The number of rotatable bonds is 3. The number of anilines is 1. The topological polar surface area (TPSA) is 72.2 Å². The van der Waals surface area contributed by atoms with E-state index in [9.17, 15) is 4.79 Å². The lowest BCUT2D eigenvalue weighted by Crippen LogP contribution is -2.14. The van der Waals surface area contributed by atoms with Crippen molar-refractivity contribution in [2.75, 3.05) is 5.32 Å².